The van der Waals surface area contributed by atoms with Crippen molar-refractivity contribution < 1.29 is 4.79 Å². The van der Waals surface area contributed by atoms with Gasteiger partial charge in [0.25, 0.3) is 5.91 Å². The van der Waals surface area contributed by atoms with E-state index in [4.69, 9.17) is 5.73 Å². The zero-order chi connectivity index (χ0) is 14.7. The van der Waals surface area contributed by atoms with E-state index in [1.54, 1.807) is 0 Å². The van der Waals surface area contributed by atoms with Crippen molar-refractivity contribution in [3.05, 3.63) is 17.0 Å². The number of carbonyl (C=O) groups is 1. The van der Waals surface area contributed by atoms with Crippen molar-refractivity contribution in [1.29, 1.82) is 0 Å². The molecule has 1 unspecified atom stereocenters. The molecule has 0 bridgehead atoms. The lowest BCUT2D eigenvalue weighted by molar-refractivity contribution is 0.0951. The molecule has 2 aliphatic rings. The van der Waals surface area contributed by atoms with Crippen LogP contribution >= 0.6 is 11.3 Å². The molecule has 2 aliphatic carbocycles. The van der Waals surface area contributed by atoms with Crippen molar-refractivity contribution in [2.45, 2.75) is 44.6 Å². The van der Waals surface area contributed by atoms with Crippen molar-refractivity contribution in [2.75, 3.05) is 17.6 Å². The van der Waals surface area contributed by atoms with Crippen LogP contribution in [-0.4, -0.2) is 23.5 Å². The van der Waals surface area contributed by atoms with Crippen LogP contribution in [-0.2, 0) is 0 Å². The Morgan fingerprint density at radius 3 is 2.90 bits per heavy atom. The fourth-order valence-electron chi connectivity index (χ4n) is 2.64. The van der Waals surface area contributed by atoms with Gasteiger partial charge in [-0.1, -0.05) is 23.5 Å². The molecule has 1 aromatic heterocycles. The maximum Gasteiger partial charge on any atom is 0.265 e. The molecule has 1 amide bonds. The number of anilines is 2. The quantitative estimate of drug-likeness (QED) is 0.731. The number of nitrogens with zero attached hydrogens (tertiary/aromatic N) is 1. The summed E-state index contributed by atoms with van der Waals surface area (Å²) in [6.45, 7) is 0.714. The van der Waals surface area contributed by atoms with E-state index < -0.39 is 0 Å². The zero-order valence-electron chi connectivity index (χ0n) is 12.1. The van der Waals surface area contributed by atoms with E-state index in [0.29, 0.717) is 29.2 Å². The van der Waals surface area contributed by atoms with Crippen molar-refractivity contribution >= 4 is 28.2 Å². The molecule has 114 valence electrons. The number of rotatable bonds is 5. The predicted octanol–water partition coefficient (Wildman–Crippen LogP) is 2.78. The van der Waals surface area contributed by atoms with Gasteiger partial charge in [0.2, 0.25) is 0 Å². The lowest BCUT2D eigenvalue weighted by Crippen LogP contribution is -2.29. The summed E-state index contributed by atoms with van der Waals surface area (Å²) in [4.78, 5) is 17.0. The minimum Gasteiger partial charge on any atom is -0.382 e. The summed E-state index contributed by atoms with van der Waals surface area (Å²) < 4.78 is 0. The van der Waals surface area contributed by atoms with Gasteiger partial charge >= 0.3 is 0 Å². The number of nitrogen functional groups attached to an aromatic ring is 1. The predicted molar refractivity (Wildman–Crippen MR) is 86.6 cm³/mol. The number of amides is 1. The average molecular weight is 306 g/mol. The van der Waals surface area contributed by atoms with Gasteiger partial charge in [-0.3, -0.25) is 4.79 Å². The van der Waals surface area contributed by atoms with E-state index in [1.807, 2.05) is 0 Å². The van der Waals surface area contributed by atoms with Crippen molar-refractivity contribution in [3.63, 3.8) is 0 Å². The molecule has 3 rings (SSSR count). The lowest BCUT2D eigenvalue weighted by Gasteiger charge is -2.25. The molecule has 0 saturated heterocycles. The number of thiazole rings is 1. The van der Waals surface area contributed by atoms with Gasteiger partial charge in [0.15, 0.2) is 5.13 Å². The molecule has 0 aliphatic heterocycles. The zero-order valence-corrected chi connectivity index (χ0v) is 12.9. The van der Waals surface area contributed by atoms with E-state index in [1.165, 1.54) is 30.6 Å². The summed E-state index contributed by atoms with van der Waals surface area (Å²) >= 11 is 1.36. The van der Waals surface area contributed by atoms with Gasteiger partial charge in [-0.05, 0) is 44.4 Å². The Hall–Kier alpha value is -1.56. The van der Waals surface area contributed by atoms with Gasteiger partial charge in [-0.15, -0.1) is 0 Å². The molecule has 1 aromatic rings. The second kappa shape index (κ2) is 6.47. The highest BCUT2D eigenvalue weighted by atomic mass is 32.1. The average Bonchev–Trinajstić information content (AvgIpc) is 2.82. The summed E-state index contributed by atoms with van der Waals surface area (Å²) in [6, 6.07) is 0.500. The molecule has 1 fully saturated rings. The maximum atomic E-state index is 12.2. The lowest BCUT2D eigenvalue weighted by atomic mass is 9.93. The third-order valence-electron chi connectivity index (χ3n) is 4.22. The normalized spacial score (nSPS) is 21.8. The first-order chi connectivity index (χ1) is 10.2. The van der Waals surface area contributed by atoms with Gasteiger partial charge < -0.3 is 16.4 Å². The second-order valence-corrected chi connectivity index (χ2v) is 6.87. The third kappa shape index (κ3) is 3.56. The fraction of sp³-hybridized carbons (Fsp3) is 0.600. The smallest absolute Gasteiger partial charge is 0.265 e. The molecule has 1 atom stereocenters. The maximum absolute atomic E-state index is 12.2. The van der Waals surface area contributed by atoms with Gasteiger partial charge in [0, 0.05) is 12.6 Å². The Balaban J connectivity index is 1.54. The molecule has 0 radical (unpaired) electrons. The summed E-state index contributed by atoms with van der Waals surface area (Å²) in [5.74, 6) is 0.782. The van der Waals surface area contributed by atoms with Crippen LogP contribution in [0.2, 0.25) is 0 Å². The van der Waals surface area contributed by atoms with Crippen LogP contribution < -0.4 is 16.4 Å². The number of nitrogens with two attached hydrogens (primary N) is 1. The van der Waals surface area contributed by atoms with Crippen molar-refractivity contribution in [1.82, 2.24) is 10.3 Å². The first-order valence-corrected chi connectivity index (χ1v) is 8.50. The van der Waals surface area contributed by atoms with Crippen LogP contribution in [0.4, 0.5) is 10.9 Å². The van der Waals surface area contributed by atoms with Crippen LogP contribution in [0.1, 0.15) is 48.2 Å². The highest BCUT2D eigenvalue weighted by Crippen LogP contribution is 2.29. The van der Waals surface area contributed by atoms with Crippen molar-refractivity contribution in [3.8, 4) is 0 Å². The van der Waals surface area contributed by atoms with Crippen LogP contribution in [0.25, 0.3) is 0 Å². The molecule has 5 nitrogen and oxygen atoms in total. The Morgan fingerprint density at radius 2 is 2.24 bits per heavy atom. The summed E-state index contributed by atoms with van der Waals surface area (Å²) in [7, 11) is 0. The van der Waals surface area contributed by atoms with Gasteiger partial charge in [0.1, 0.15) is 10.7 Å². The molecule has 0 spiro atoms. The first-order valence-electron chi connectivity index (χ1n) is 7.68. The molecule has 6 heteroatoms. The van der Waals surface area contributed by atoms with Crippen LogP contribution in [0, 0.1) is 5.92 Å². The Labute approximate surface area is 129 Å². The molecule has 1 saturated carbocycles. The number of carbonyl (C=O) groups excluding carboxylic acids is 1. The standard InChI is InChI=1S/C15H22N4OS/c16-13-12(21-15(19-13)18-11-7-4-8-11)14(20)17-9-10-5-2-1-3-6-10/h1-2,10-11H,3-9,16H2,(H,17,20)(H,18,19). The molecule has 1 heterocycles. The SMILES string of the molecule is Nc1nc(NC2CCC2)sc1C(=O)NCC1CC=CCC1. The molecule has 4 N–H and O–H groups in total. The molecular weight excluding hydrogens is 284 g/mol. The van der Waals surface area contributed by atoms with Gasteiger partial charge in [-0.2, -0.15) is 0 Å². The summed E-state index contributed by atoms with van der Waals surface area (Å²) in [6.07, 6.45) is 11.3. The Morgan fingerprint density at radius 1 is 1.38 bits per heavy atom. The van der Waals surface area contributed by atoms with Crippen LogP contribution in [0.5, 0.6) is 0 Å². The second-order valence-electron chi connectivity index (χ2n) is 5.87. The number of hydrogen-bond acceptors (Lipinski definition) is 5. The number of hydrogen-bond donors (Lipinski definition) is 3. The highest BCUT2D eigenvalue weighted by Gasteiger charge is 2.22. The molecular formula is C15H22N4OS. The van der Waals surface area contributed by atoms with Gasteiger partial charge in [0.05, 0.1) is 0 Å². The third-order valence-corrected chi connectivity index (χ3v) is 5.22. The van der Waals surface area contributed by atoms with Crippen molar-refractivity contribution in [2.24, 2.45) is 5.92 Å². The number of allylic oxidation sites excluding steroid dienone is 2. The number of nitrogens with one attached hydrogen (secondary N) is 2. The topological polar surface area (TPSA) is 80.0 Å². The monoisotopic (exact) mass is 306 g/mol. The largest absolute Gasteiger partial charge is 0.382 e. The van der Waals surface area contributed by atoms with E-state index in [-0.39, 0.29) is 5.91 Å². The van der Waals surface area contributed by atoms with E-state index in [0.717, 1.165) is 24.4 Å². The molecule has 21 heavy (non-hydrogen) atoms. The van der Waals surface area contributed by atoms with Crippen LogP contribution in [0.15, 0.2) is 12.2 Å². The fourth-order valence-corrected chi connectivity index (χ4v) is 3.52. The Bertz CT molecular complexity index is 536. The minimum atomic E-state index is -0.0961. The highest BCUT2D eigenvalue weighted by molar-refractivity contribution is 7.18. The number of aromatic nitrogens is 1. The summed E-state index contributed by atoms with van der Waals surface area (Å²) in [5, 5.41) is 7.10. The Kier molecular flexibility index (Phi) is 4.43. The van der Waals surface area contributed by atoms with E-state index in [9.17, 15) is 4.79 Å². The molecule has 0 aromatic carbocycles. The first kappa shape index (κ1) is 14.4. The van der Waals surface area contributed by atoms with Gasteiger partial charge in [-0.25, -0.2) is 4.98 Å². The van der Waals surface area contributed by atoms with Crippen LogP contribution in [0.3, 0.4) is 0 Å². The van der Waals surface area contributed by atoms with E-state index >= 15 is 0 Å². The summed E-state index contributed by atoms with van der Waals surface area (Å²) in [5.41, 5.74) is 5.87. The minimum absolute atomic E-state index is 0.0961. The van der Waals surface area contributed by atoms with E-state index in [2.05, 4.69) is 27.8 Å².